The highest BCUT2D eigenvalue weighted by molar-refractivity contribution is 5.96. The third kappa shape index (κ3) is 6.34. The van der Waals surface area contributed by atoms with Gasteiger partial charge in [-0.15, -0.1) is 0 Å². The topological polar surface area (TPSA) is 38.1 Å². The first kappa shape index (κ1) is 25.5. The first-order valence-electron chi connectivity index (χ1n) is 13.9. The Labute approximate surface area is 211 Å². The molecule has 0 spiro atoms. The van der Waals surface area contributed by atoms with Crippen LogP contribution >= 0.6 is 0 Å². The van der Waals surface area contributed by atoms with Crippen LogP contribution in [-0.4, -0.2) is 22.0 Å². The van der Waals surface area contributed by atoms with Crippen molar-refractivity contribution < 1.29 is 4.79 Å². The summed E-state index contributed by atoms with van der Waals surface area (Å²) in [5, 5.41) is 0. The van der Waals surface area contributed by atoms with Gasteiger partial charge in [0, 0.05) is 31.1 Å². The summed E-state index contributed by atoms with van der Waals surface area (Å²) in [6, 6.07) is 14.8. The van der Waals surface area contributed by atoms with Gasteiger partial charge in [0.2, 0.25) is 5.91 Å². The van der Waals surface area contributed by atoms with Crippen LogP contribution in [0.2, 0.25) is 0 Å². The van der Waals surface area contributed by atoms with E-state index in [0.29, 0.717) is 13.0 Å². The average molecular weight is 474 g/mol. The van der Waals surface area contributed by atoms with E-state index in [1.165, 1.54) is 80.9 Å². The highest BCUT2D eigenvalue weighted by Gasteiger charge is 2.34. The molecule has 0 aliphatic carbocycles. The monoisotopic (exact) mass is 473 g/mol. The maximum atomic E-state index is 13.0. The molecule has 1 saturated heterocycles. The molecule has 1 aromatic heterocycles. The molecule has 1 atom stereocenters. The highest BCUT2D eigenvalue weighted by atomic mass is 16.2. The molecule has 0 saturated carbocycles. The number of carbonyl (C=O) groups excluding carboxylic acids is 1. The number of hydrogen-bond acceptors (Lipinski definition) is 2. The zero-order valence-corrected chi connectivity index (χ0v) is 22.1. The van der Waals surface area contributed by atoms with E-state index in [1.54, 1.807) is 0 Å². The van der Waals surface area contributed by atoms with E-state index in [4.69, 9.17) is 4.98 Å². The van der Waals surface area contributed by atoms with Crippen LogP contribution in [-0.2, 0) is 11.3 Å². The lowest BCUT2D eigenvalue weighted by Gasteiger charge is -2.18. The van der Waals surface area contributed by atoms with Crippen molar-refractivity contribution in [2.45, 2.75) is 104 Å². The number of aryl methyl sites for hydroxylation is 3. The van der Waals surface area contributed by atoms with Gasteiger partial charge in [0.15, 0.2) is 0 Å². The van der Waals surface area contributed by atoms with E-state index in [1.807, 2.05) is 4.90 Å². The second-order valence-corrected chi connectivity index (χ2v) is 10.5. The van der Waals surface area contributed by atoms with Crippen molar-refractivity contribution >= 4 is 22.6 Å². The summed E-state index contributed by atoms with van der Waals surface area (Å²) < 4.78 is 2.40. The summed E-state index contributed by atoms with van der Waals surface area (Å²) >= 11 is 0. The van der Waals surface area contributed by atoms with Gasteiger partial charge in [-0.2, -0.15) is 0 Å². The standard InChI is InChI=1S/C31H43N3O/c1-4-5-6-7-8-9-10-11-12-15-20-33-29-17-14-13-16-28(29)32-31(33)26-22-30(35)34(23-26)27-19-18-24(2)25(3)21-27/h13-14,16-19,21,26H,4-12,15,20,22-23H2,1-3H3. The molecule has 1 fully saturated rings. The van der Waals surface area contributed by atoms with Gasteiger partial charge >= 0.3 is 0 Å². The molecule has 1 aliphatic heterocycles. The normalized spacial score (nSPS) is 16.0. The molecular formula is C31H43N3O. The second-order valence-electron chi connectivity index (χ2n) is 10.5. The van der Waals surface area contributed by atoms with E-state index in [2.05, 4.69) is 67.8 Å². The number of carbonyl (C=O) groups is 1. The second kappa shape index (κ2) is 12.4. The zero-order valence-electron chi connectivity index (χ0n) is 22.1. The van der Waals surface area contributed by atoms with Crippen LogP contribution in [0.25, 0.3) is 11.0 Å². The minimum atomic E-state index is 0.139. The van der Waals surface area contributed by atoms with Crippen LogP contribution in [0.4, 0.5) is 5.69 Å². The molecule has 1 unspecified atom stereocenters. The smallest absolute Gasteiger partial charge is 0.227 e. The fourth-order valence-corrected chi connectivity index (χ4v) is 5.42. The van der Waals surface area contributed by atoms with Crippen LogP contribution in [0.5, 0.6) is 0 Å². The van der Waals surface area contributed by atoms with E-state index in [9.17, 15) is 4.79 Å². The summed E-state index contributed by atoms with van der Waals surface area (Å²) in [7, 11) is 0. The first-order valence-corrected chi connectivity index (χ1v) is 13.9. The van der Waals surface area contributed by atoms with Crippen LogP contribution in [0.3, 0.4) is 0 Å². The Morgan fingerprint density at radius 1 is 0.857 bits per heavy atom. The van der Waals surface area contributed by atoms with Gasteiger partial charge in [-0.1, -0.05) is 82.9 Å². The third-order valence-electron chi connectivity index (χ3n) is 7.71. The minimum absolute atomic E-state index is 0.139. The van der Waals surface area contributed by atoms with Crippen molar-refractivity contribution in [1.82, 2.24) is 9.55 Å². The Hall–Kier alpha value is -2.62. The lowest BCUT2D eigenvalue weighted by molar-refractivity contribution is -0.117. The van der Waals surface area contributed by atoms with Crippen molar-refractivity contribution in [1.29, 1.82) is 0 Å². The summed E-state index contributed by atoms with van der Waals surface area (Å²) in [6.45, 7) is 8.20. The molecule has 0 N–H and O–H groups in total. The predicted molar refractivity (Wildman–Crippen MR) is 147 cm³/mol. The third-order valence-corrected chi connectivity index (χ3v) is 7.71. The summed E-state index contributed by atoms with van der Waals surface area (Å²) in [4.78, 5) is 20.0. The molecule has 4 nitrogen and oxygen atoms in total. The average Bonchev–Trinajstić information content (AvgIpc) is 3.42. The summed E-state index contributed by atoms with van der Waals surface area (Å²) in [5.74, 6) is 1.43. The molecule has 188 valence electrons. The molecule has 0 radical (unpaired) electrons. The Morgan fingerprint density at radius 2 is 1.54 bits per heavy atom. The number of nitrogens with zero attached hydrogens (tertiary/aromatic N) is 3. The number of para-hydroxylation sites is 2. The van der Waals surface area contributed by atoms with Crippen molar-refractivity contribution in [3.05, 3.63) is 59.4 Å². The molecule has 2 aromatic carbocycles. The maximum Gasteiger partial charge on any atom is 0.227 e. The molecule has 4 heteroatoms. The maximum absolute atomic E-state index is 13.0. The van der Waals surface area contributed by atoms with Gasteiger partial charge in [-0.25, -0.2) is 4.98 Å². The number of amides is 1. The molecular weight excluding hydrogens is 430 g/mol. The quantitative estimate of drug-likeness (QED) is 0.235. The van der Waals surface area contributed by atoms with Crippen molar-refractivity contribution in [2.75, 3.05) is 11.4 Å². The fourth-order valence-electron chi connectivity index (χ4n) is 5.42. The van der Waals surface area contributed by atoms with Gasteiger partial charge < -0.3 is 9.47 Å². The Kier molecular flexibility index (Phi) is 9.01. The molecule has 4 rings (SSSR count). The molecule has 0 bridgehead atoms. The first-order chi connectivity index (χ1) is 17.1. The van der Waals surface area contributed by atoms with Crippen molar-refractivity contribution in [3.8, 4) is 0 Å². The number of aromatic nitrogens is 2. The molecule has 3 aromatic rings. The van der Waals surface area contributed by atoms with Gasteiger partial charge in [0.25, 0.3) is 0 Å². The largest absolute Gasteiger partial charge is 0.328 e. The number of unbranched alkanes of at least 4 members (excludes halogenated alkanes) is 9. The van der Waals surface area contributed by atoms with Gasteiger partial charge in [-0.3, -0.25) is 4.79 Å². The summed E-state index contributed by atoms with van der Waals surface area (Å²) in [5.41, 5.74) is 5.75. The predicted octanol–water partition coefficient (Wildman–Crippen LogP) is 8.09. The Morgan fingerprint density at radius 3 is 2.26 bits per heavy atom. The number of anilines is 1. The molecule has 35 heavy (non-hydrogen) atoms. The molecule has 2 heterocycles. The van der Waals surface area contributed by atoms with Crippen molar-refractivity contribution in [2.24, 2.45) is 0 Å². The minimum Gasteiger partial charge on any atom is -0.328 e. The van der Waals surface area contributed by atoms with Gasteiger partial charge in [-0.05, 0) is 55.7 Å². The van der Waals surface area contributed by atoms with Crippen LogP contribution in [0.1, 0.15) is 100 Å². The Bertz CT molecular complexity index is 1120. The Balaban J connectivity index is 1.38. The lowest BCUT2D eigenvalue weighted by Crippen LogP contribution is -2.24. The summed E-state index contributed by atoms with van der Waals surface area (Å²) in [6.07, 6.45) is 13.9. The van der Waals surface area contributed by atoms with Crippen LogP contribution < -0.4 is 4.90 Å². The lowest BCUT2D eigenvalue weighted by atomic mass is 10.1. The fraction of sp³-hybridized carbons (Fsp3) is 0.548. The number of hydrogen-bond donors (Lipinski definition) is 0. The van der Waals surface area contributed by atoms with Crippen LogP contribution in [0, 0.1) is 13.8 Å². The van der Waals surface area contributed by atoms with E-state index >= 15 is 0 Å². The van der Waals surface area contributed by atoms with E-state index < -0.39 is 0 Å². The molecule has 1 amide bonds. The van der Waals surface area contributed by atoms with Gasteiger partial charge in [0.1, 0.15) is 5.82 Å². The number of fused-ring (bicyclic) bond motifs is 1. The zero-order chi connectivity index (χ0) is 24.6. The van der Waals surface area contributed by atoms with Crippen LogP contribution in [0.15, 0.2) is 42.5 Å². The highest BCUT2D eigenvalue weighted by Crippen LogP contribution is 2.34. The molecule has 1 aliphatic rings. The number of benzene rings is 2. The SMILES string of the molecule is CCCCCCCCCCCCn1c(C2CC(=O)N(c3ccc(C)c(C)c3)C2)nc2ccccc21. The van der Waals surface area contributed by atoms with E-state index in [0.717, 1.165) is 23.6 Å². The van der Waals surface area contributed by atoms with Gasteiger partial charge in [0.05, 0.1) is 11.0 Å². The number of rotatable bonds is 13. The van der Waals surface area contributed by atoms with E-state index in [-0.39, 0.29) is 11.8 Å². The van der Waals surface area contributed by atoms with Crippen molar-refractivity contribution in [3.63, 3.8) is 0 Å². The number of imidazole rings is 1.